The molecule has 0 aromatic heterocycles. The Morgan fingerprint density at radius 3 is 2.95 bits per heavy atom. The molecule has 1 spiro atoms. The number of aliphatic imine (C=N–C) groups is 1. The van der Waals surface area contributed by atoms with Crippen LogP contribution in [0.1, 0.15) is 33.1 Å². The smallest absolute Gasteiger partial charge is 0.224 e. The zero-order valence-electron chi connectivity index (χ0n) is 13.2. The van der Waals surface area contributed by atoms with Crippen LogP contribution < -0.4 is 5.32 Å². The van der Waals surface area contributed by atoms with Crippen molar-refractivity contribution in [3.63, 3.8) is 0 Å². The molecule has 2 aliphatic heterocycles. The highest BCUT2D eigenvalue weighted by Gasteiger charge is 2.54. The molecule has 22 heavy (non-hydrogen) atoms. The third kappa shape index (κ3) is 2.88. The van der Waals surface area contributed by atoms with Crippen molar-refractivity contribution in [2.24, 2.45) is 16.8 Å². The van der Waals surface area contributed by atoms with E-state index >= 15 is 0 Å². The van der Waals surface area contributed by atoms with E-state index in [-0.39, 0.29) is 29.0 Å². The van der Waals surface area contributed by atoms with Gasteiger partial charge in [-0.15, -0.1) is 24.2 Å². The minimum atomic E-state index is -0.0388. The summed E-state index contributed by atoms with van der Waals surface area (Å²) in [6, 6.07) is 0.317. The van der Waals surface area contributed by atoms with Crippen molar-refractivity contribution in [3.8, 4) is 0 Å². The Labute approximate surface area is 143 Å². The molecule has 5 heteroatoms. The summed E-state index contributed by atoms with van der Waals surface area (Å²) in [5, 5.41) is 3.25. The van der Waals surface area contributed by atoms with Gasteiger partial charge in [0.15, 0.2) is 0 Å². The molecule has 1 amide bonds. The van der Waals surface area contributed by atoms with Gasteiger partial charge in [0, 0.05) is 18.3 Å². The van der Waals surface area contributed by atoms with E-state index in [4.69, 9.17) is 4.99 Å². The van der Waals surface area contributed by atoms with Crippen LogP contribution in [-0.2, 0) is 4.79 Å². The third-order valence-corrected chi connectivity index (χ3v) is 6.69. The van der Waals surface area contributed by atoms with E-state index in [2.05, 4.69) is 43.5 Å². The second kappa shape index (κ2) is 7.22. The first kappa shape index (κ1) is 17.6. The van der Waals surface area contributed by atoms with Gasteiger partial charge in [-0.25, -0.2) is 0 Å². The number of amides is 1. The van der Waals surface area contributed by atoms with Crippen LogP contribution in [-0.4, -0.2) is 34.7 Å². The predicted octanol–water partition coefficient (Wildman–Crippen LogP) is 3.40. The summed E-state index contributed by atoms with van der Waals surface area (Å²) < 4.78 is -0.0388. The quantitative estimate of drug-likeness (QED) is 0.852. The van der Waals surface area contributed by atoms with E-state index in [1.807, 2.05) is 11.8 Å². The maximum absolute atomic E-state index is 12.7. The van der Waals surface area contributed by atoms with Gasteiger partial charge < -0.3 is 5.32 Å². The molecule has 1 N–H and O–H groups in total. The number of hydrogen-bond donors (Lipinski definition) is 1. The van der Waals surface area contributed by atoms with E-state index in [1.54, 1.807) is 0 Å². The first-order chi connectivity index (χ1) is 10.2. The average Bonchev–Trinajstić information content (AvgIpc) is 2.90. The normalized spacial score (nSPS) is 32.0. The van der Waals surface area contributed by atoms with Gasteiger partial charge in [-0.05, 0) is 31.3 Å². The molecule has 0 saturated carbocycles. The fraction of sp³-hybridized carbons (Fsp3) is 0.647. The number of halogens is 1. The molecule has 0 aromatic carbocycles. The lowest BCUT2D eigenvalue weighted by atomic mass is 9.74. The molecule has 1 saturated heterocycles. The van der Waals surface area contributed by atoms with Gasteiger partial charge in [0.25, 0.3) is 0 Å². The second-order valence-electron chi connectivity index (χ2n) is 6.11. The highest BCUT2D eigenvalue weighted by Crippen LogP contribution is 2.52. The topological polar surface area (TPSA) is 41.5 Å². The highest BCUT2D eigenvalue weighted by molar-refractivity contribution is 8.02. The van der Waals surface area contributed by atoms with E-state index in [0.717, 1.165) is 31.6 Å². The highest BCUT2D eigenvalue weighted by atomic mass is 35.5. The summed E-state index contributed by atoms with van der Waals surface area (Å²) in [4.78, 5) is 17.4. The van der Waals surface area contributed by atoms with Crippen LogP contribution in [0.15, 0.2) is 29.3 Å². The van der Waals surface area contributed by atoms with Crippen molar-refractivity contribution in [1.29, 1.82) is 0 Å². The summed E-state index contributed by atoms with van der Waals surface area (Å²) in [5.74, 6) is 1.68. The Kier molecular flexibility index (Phi) is 5.78. The summed E-state index contributed by atoms with van der Waals surface area (Å²) in [6.07, 6.45) is 11.6. The first-order valence-corrected chi connectivity index (χ1v) is 9.05. The van der Waals surface area contributed by atoms with Crippen molar-refractivity contribution in [2.45, 2.75) is 43.9 Å². The second-order valence-corrected chi connectivity index (χ2v) is 7.41. The lowest BCUT2D eigenvalue weighted by Crippen LogP contribution is -2.47. The number of hydrogen-bond acceptors (Lipinski definition) is 3. The summed E-state index contributed by atoms with van der Waals surface area (Å²) in [5.41, 5.74) is 1.17. The maximum Gasteiger partial charge on any atom is 0.224 e. The zero-order chi connectivity index (χ0) is 14.9. The van der Waals surface area contributed by atoms with Gasteiger partial charge in [0.05, 0.1) is 16.4 Å². The molecule has 3 rings (SSSR count). The van der Waals surface area contributed by atoms with Gasteiger partial charge in [-0.3, -0.25) is 9.79 Å². The lowest BCUT2D eigenvalue weighted by molar-refractivity contribution is -0.126. The van der Waals surface area contributed by atoms with E-state index in [1.165, 1.54) is 5.71 Å². The Balaban J connectivity index is 0.00000176. The van der Waals surface area contributed by atoms with Crippen molar-refractivity contribution in [3.05, 3.63) is 24.3 Å². The van der Waals surface area contributed by atoms with Gasteiger partial charge >= 0.3 is 0 Å². The lowest BCUT2D eigenvalue weighted by Gasteiger charge is -2.38. The van der Waals surface area contributed by atoms with Crippen LogP contribution in [0.2, 0.25) is 0 Å². The predicted molar refractivity (Wildman–Crippen MR) is 97.1 cm³/mol. The van der Waals surface area contributed by atoms with Crippen molar-refractivity contribution < 1.29 is 4.79 Å². The number of rotatable bonds is 4. The van der Waals surface area contributed by atoms with Gasteiger partial charge in [-0.2, -0.15) is 0 Å². The van der Waals surface area contributed by atoms with E-state index in [9.17, 15) is 4.79 Å². The SMILES string of the molecule is CCC(CC)NC(=O)C1CSC23C=CC=CC2=NCCC13.Cl. The van der Waals surface area contributed by atoms with Crippen LogP contribution in [0.3, 0.4) is 0 Å². The standard InChI is InChI=1S/C17H24N2OS.ClH/c1-3-12(4-2)19-16(20)13-11-21-17-9-6-5-7-15(17)18-10-8-14(13)17;/h5-7,9,12-14H,3-4,8,10-11H2,1-2H3,(H,19,20);1H. The van der Waals surface area contributed by atoms with Gasteiger partial charge in [0.1, 0.15) is 0 Å². The minimum absolute atomic E-state index is 0. The largest absolute Gasteiger partial charge is 0.353 e. The Morgan fingerprint density at radius 1 is 1.45 bits per heavy atom. The molecule has 0 bridgehead atoms. The minimum Gasteiger partial charge on any atom is -0.353 e. The molecular formula is C17H25ClN2OS. The van der Waals surface area contributed by atoms with E-state index < -0.39 is 0 Å². The molecule has 122 valence electrons. The maximum atomic E-state index is 12.7. The van der Waals surface area contributed by atoms with Crippen LogP contribution in [0.5, 0.6) is 0 Å². The molecule has 0 radical (unpaired) electrons. The molecule has 3 atom stereocenters. The Bertz CT molecular complexity index is 513. The van der Waals surface area contributed by atoms with Crippen LogP contribution in [0.4, 0.5) is 0 Å². The summed E-state index contributed by atoms with van der Waals surface area (Å²) >= 11 is 1.91. The summed E-state index contributed by atoms with van der Waals surface area (Å²) in [6.45, 7) is 5.13. The molecule has 2 heterocycles. The Morgan fingerprint density at radius 2 is 2.23 bits per heavy atom. The van der Waals surface area contributed by atoms with Crippen molar-refractivity contribution >= 4 is 35.8 Å². The van der Waals surface area contributed by atoms with Crippen LogP contribution >= 0.6 is 24.2 Å². The zero-order valence-corrected chi connectivity index (χ0v) is 14.9. The van der Waals surface area contributed by atoms with Crippen molar-refractivity contribution in [2.75, 3.05) is 12.3 Å². The third-order valence-electron chi connectivity index (χ3n) is 5.04. The number of allylic oxidation sites excluding steroid dienone is 3. The molecule has 1 fully saturated rings. The number of carbonyl (C=O) groups excluding carboxylic acids is 1. The summed E-state index contributed by atoms with van der Waals surface area (Å²) in [7, 11) is 0. The fourth-order valence-electron chi connectivity index (χ4n) is 3.72. The molecule has 3 unspecified atom stereocenters. The van der Waals surface area contributed by atoms with E-state index in [0.29, 0.717) is 12.0 Å². The number of thioether (sulfide) groups is 1. The molecule has 1 aliphatic carbocycles. The first-order valence-electron chi connectivity index (χ1n) is 8.06. The molecule has 3 nitrogen and oxygen atoms in total. The Hall–Kier alpha value is -0.740. The van der Waals surface area contributed by atoms with Gasteiger partial charge in [-0.1, -0.05) is 32.1 Å². The molecular weight excluding hydrogens is 316 g/mol. The van der Waals surface area contributed by atoms with Gasteiger partial charge in [0.2, 0.25) is 5.91 Å². The van der Waals surface area contributed by atoms with Crippen molar-refractivity contribution in [1.82, 2.24) is 5.32 Å². The van der Waals surface area contributed by atoms with Crippen LogP contribution in [0.25, 0.3) is 0 Å². The molecule has 0 aromatic rings. The number of carbonyl (C=O) groups is 1. The number of nitrogens with one attached hydrogen (secondary N) is 1. The van der Waals surface area contributed by atoms with Crippen LogP contribution in [0, 0.1) is 11.8 Å². The monoisotopic (exact) mass is 340 g/mol. The average molecular weight is 341 g/mol. The fourth-order valence-corrected chi connectivity index (χ4v) is 5.51. The molecule has 3 aliphatic rings. The number of nitrogens with zero attached hydrogens (tertiary/aromatic N) is 1.